The first-order valence-electron chi connectivity index (χ1n) is 6.26. The molecule has 0 N–H and O–H groups in total. The van der Waals surface area contributed by atoms with E-state index in [9.17, 15) is 5.11 Å². The summed E-state index contributed by atoms with van der Waals surface area (Å²) in [6, 6.07) is 9.43. The topological polar surface area (TPSA) is 109 Å². The summed E-state index contributed by atoms with van der Waals surface area (Å²) >= 11 is 1.20. The predicted molar refractivity (Wildman–Crippen MR) is 74.7 cm³/mol. The molecule has 2 heterocycles. The van der Waals surface area contributed by atoms with Gasteiger partial charge >= 0.3 is 5.88 Å². The SMILES string of the molecule is C[n+]1cc(/N=C(\[O-])CSc2nnnn2-c2ccccc2)on1. The van der Waals surface area contributed by atoms with Gasteiger partial charge in [-0.15, -0.1) is 5.10 Å². The molecule has 22 heavy (non-hydrogen) atoms. The van der Waals surface area contributed by atoms with E-state index < -0.39 is 0 Å². The van der Waals surface area contributed by atoms with Crippen LogP contribution in [0.5, 0.6) is 0 Å². The minimum absolute atomic E-state index is 0.0949. The normalized spacial score (nSPS) is 11.8. The molecule has 0 aliphatic rings. The van der Waals surface area contributed by atoms with E-state index in [0.29, 0.717) is 5.16 Å². The summed E-state index contributed by atoms with van der Waals surface area (Å²) in [6.07, 6.45) is 1.51. The number of hydrogen-bond donors (Lipinski definition) is 0. The Balaban J connectivity index is 1.70. The zero-order chi connectivity index (χ0) is 15.4. The first kappa shape index (κ1) is 14.2. The molecule has 0 fully saturated rings. The van der Waals surface area contributed by atoms with Gasteiger partial charge in [0.15, 0.2) is 12.3 Å². The maximum atomic E-state index is 11.8. The van der Waals surface area contributed by atoms with Crippen molar-refractivity contribution >= 4 is 23.5 Å². The summed E-state index contributed by atoms with van der Waals surface area (Å²) in [7, 11) is 1.68. The van der Waals surface area contributed by atoms with Gasteiger partial charge in [-0.25, -0.2) is 4.99 Å². The Morgan fingerprint density at radius 1 is 1.41 bits per heavy atom. The second-order valence-electron chi connectivity index (χ2n) is 4.22. The maximum Gasteiger partial charge on any atom is 0.320 e. The smallest absolute Gasteiger partial charge is 0.320 e. The standard InChI is InChI=1S/C12H11N7O2S/c1-18-7-11(21-17-18)13-10(20)8-22-12-14-15-16-19(12)9-5-3-2-4-6-9/h2-7H,8H2,1H3. The van der Waals surface area contributed by atoms with Crippen molar-refractivity contribution in [3.8, 4) is 5.69 Å². The van der Waals surface area contributed by atoms with Gasteiger partial charge in [0, 0.05) is 5.75 Å². The number of benzene rings is 1. The molecule has 0 amide bonds. The molecule has 0 saturated carbocycles. The van der Waals surface area contributed by atoms with Crippen molar-refractivity contribution < 1.29 is 14.3 Å². The lowest BCUT2D eigenvalue weighted by atomic mass is 10.3. The van der Waals surface area contributed by atoms with E-state index in [4.69, 9.17) is 4.52 Å². The third-order valence-corrected chi connectivity index (χ3v) is 3.47. The molecule has 9 nitrogen and oxygen atoms in total. The molecule has 2 aromatic heterocycles. The highest BCUT2D eigenvalue weighted by Crippen LogP contribution is 2.18. The number of hydrogen-bond acceptors (Lipinski definition) is 8. The van der Waals surface area contributed by atoms with Crippen molar-refractivity contribution in [2.45, 2.75) is 5.16 Å². The van der Waals surface area contributed by atoms with Gasteiger partial charge in [-0.05, 0) is 28.5 Å². The fraction of sp³-hybridized carbons (Fsp3) is 0.167. The molecule has 0 radical (unpaired) electrons. The summed E-state index contributed by atoms with van der Waals surface area (Å²) in [5.74, 6) is -0.0995. The van der Waals surface area contributed by atoms with E-state index in [-0.39, 0.29) is 17.5 Å². The summed E-state index contributed by atoms with van der Waals surface area (Å²) in [5, 5.41) is 27.4. The van der Waals surface area contributed by atoms with Crippen molar-refractivity contribution in [2.75, 3.05) is 5.75 Å². The van der Waals surface area contributed by atoms with Crippen molar-refractivity contribution in [1.29, 1.82) is 0 Å². The molecule has 1 aromatic carbocycles. The Morgan fingerprint density at radius 2 is 2.23 bits per heavy atom. The Kier molecular flexibility index (Phi) is 4.10. The monoisotopic (exact) mass is 317 g/mol. The predicted octanol–water partition coefficient (Wildman–Crippen LogP) is -0.343. The van der Waals surface area contributed by atoms with Gasteiger partial charge in [0.05, 0.1) is 5.69 Å². The van der Waals surface area contributed by atoms with Gasteiger partial charge in [-0.1, -0.05) is 34.6 Å². The largest absolute Gasteiger partial charge is 0.861 e. The summed E-state index contributed by atoms with van der Waals surface area (Å²) in [6.45, 7) is 0. The second kappa shape index (κ2) is 6.35. The van der Waals surface area contributed by atoms with Gasteiger partial charge < -0.3 is 5.11 Å². The molecule has 0 aliphatic carbocycles. The van der Waals surface area contributed by atoms with E-state index in [2.05, 4.69) is 25.8 Å². The lowest BCUT2D eigenvalue weighted by Crippen LogP contribution is -2.27. The number of tetrazole rings is 1. The van der Waals surface area contributed by atoms with E-state index in [1.807, 2.05) is 30.3 Å². The van der Waals surface area contributed by atoms with Gasteiger partial charge in [-0.3, -0.25) is 4.52 Å². The quantitative estimate of drug-likeness (QED) is 0.274. The molecule has 0 bridgehead atoms. The summed E-state index contributed by atoms with van der Waals surface area (Å²) < 4.78 is 7.82. The zero-order valence-corrected chi connectivity index (χ0v) is 12.3. The Hall–Kier alpha value is -2.75. The van der Waals surface area contributed by atoms with Gasteiger partial charge in [0.2, 0.25) is 5.16 Å². The zero-order valence-electron chi connectivity index (χ0n) is 11.5. The molecule has 0 aliphatic heterocycles. The number of aromatic nitrogens is 6. The molecule has 0 unspecified atom stereocenters. The lowest BCUT2D eigenvalue weighted by Gasteiger charge is -2.08. The number of aryl methyl sites for hydroxylation is 1. The average Bonchev–Trinajstić information content (AvgIpc) is 3.15. The first-order chi connectivity index (χ1) is 10.7. The number of para-hydroxylation sites is 1. The van der Waals surface area contributed by atoms with Gasteiger partial charge in [0.1, 0.15) is 0 Å². The highest BCUT2D eigenvalue weighted by molar-refractivity contribution is 7.99. The molecule has 3 aromatic rings. The van der Waals surface area contributed by atoms with Crippen molar-refractivity contribution in [3.63, 3.8) is 0 Å². The molecular formula is C12H11N7O2S. The van der Waals surface area contributed by atoms with Crippen molar-refractivity contribution in [1.82, 2.24) is 25.5 Å². The third-order valence-electron chi connectivity index (χ3n) is 2.56. The second-order valence-corrected chi connectivity index (χ2v) is 5.16. The number of rotatable bonds is 5. The van der Waals surface area contributed by atoms with Crippen LogP contribution in [0, 0.1) is 0 Å². The van der Waals surface area contributed by atoms with Crippen LogP contribution in [0.25, 0.3) is 5.69 Å². The fourth-order valence-corrected chi connectivity index (χ4v) is 2.32. The van der Waals surface area contributed by atoms with Gasteiger partial charge in [0.25, 0.3) is 6.20 Å². The number of nitrogens with zero attached hydrogens (tertiary/aromatic N) is 7. The molecule has 3 rings (SSSR count). The fourth-order valence-electron chi connectivity index (χ4n) is 1.64. The van der Waals surface area contributed by atoms with E-state index in [0.717, 1.165) is 5.69 Å². The van der Waals surface area contributed by atoms with Crippen LogP contribution in [0.1, 0.15) is 0 Å². The lowest BCUT2D eigenvalue weighted by molar-refractivity contribution is -0.739. The third kappa shape index (κ3) is 3.28. The molecule has 0 spiro atoms. The van der Waals surface area contributed by atoms with Crippen molar-refractivity contribution in [2.24, 2.45) is 12.0 Å². The molecule has 112 valence electrons. The number of thioether (sulfide) groups is 1. The highest BCUT2D eigenvalue weighted by atomic mass is 32.2. The van der Waals surface area contributed by atoms with E-state index in [1.54, 1.807) is 11.7 Å². The minimum Gasteiger partial charge on any atom is -0.861 e. The molecule has 10 heteroatoms. The molecule has 0 saturated heterocycles. The van der Waals surface area contributed by atoms with Crippen LogP contribution in [0.2, 0.25) is 0 Å². The Labute approximate surface area is 129 Å². The average molecular weight is 317 g/mol. The summed E-state index contributed by atoms with van der Waals surface area (Å²) in [5.41, 5.74) is 0.821. The van der Waals surface area contributed by atoms with Crippen LogP contribution in [0.4, 0.5) is 5.88 Å². The van der Waals surface area contributed by atoms with Crippen molar-refractivity contribution in [3.05, 3.63) is 36.5 Å². The van der Waals surface area contributed by atoms with E-state index >= 15 is 0 Å². The van der Waals surface area contributed by atoms with Crippen LogP contribution in [-0.4, -0.2) is 37.1 Å². The van der Waals surface area contributed by atoms with Crippen LogP contribution in [0.3, 0.4) is 0 Å². The maximum absolute atomic E-state index is 11.8. The first-order valence-corrected chi connectivity index (χ1v) is 7.25. The van der Waals surface area contributed by atoms with Crippen LogP contribution in [0.15, 0.2) is 51.2 Å². The highest BCUT2D eigenvalue weighted by Gasteiger charge is 2.09. The Morgan fingerprint density at radius 3 is 2.95 bits per heavy atom. The van der Waals surface area contributed by atoms with E-state index in [1.165, 1.54) is 22.6 Å². The Bertz CT molecular complexity index is 784. The van der Waals surface area contributed by atoms with Gasteiger partial charge in [-0.2, -0.15) is 4.68 Å². The molecular weight excluding hydrogens is 306 g/mol. The minimum atomic E-state index is -0.357. The summed E-state index contributed by atoms with van der Waals surface area (Å²) in [4.78, 5) is 3.79. The molecule has 0 atom stereocenters. The van der Waals surface area contributed by atoms with Crippen LogP contribution < -0.4 is 9.79 Å². The number of aliphatic imine (C=N–C) groups is 1. The van der Waals surface area contributed by atoms with Crippen LogP contribution >= 0.6 is 11.8 Å². The van der Waals surface area contributed by atoms with Crippen LogP contribution in [-0.2, 0) is 7.05 Å².